The van der Waals surface area contributed by atoms with Crippen molar-refractivity contribution in [1.82, 2.24) is 9.80 Å². The van der Waals surface area contributed by atoms with Gasteiger partial charge in [0.1, 0.15) is 5.75 Å². The maximum Gasteiger partial charge on any atom is 0.263 e. The molecule has 158 valence electrons. The van der Waals surface area contributed by atoms with Gasteiger partial charge in [-0.1, -0.05) is 48.6 Å². The summed E-state index contributed by atoms with van der Waals surface area (Å²) in [6.07, 6.45) is 8.72. The minimum Gasteiger partial charge on any atom is -0.481 e. The van der Waals surface area contributed by atoms with Crippen LogP contribution in [0.15, 0.2) is 54.6 Å². The zero-order valence-electron chi connectivity index (χ0n) is 17.9. The van der Waals surface area contributed by atoms with Gasteiger partial charge in [0.15, 0.2) is 6.10 Å². The van der Waals surface area contributed by atoms with Crippen molar-refractivity contribution >= 4 is 12.0 Å². The molecule has 1 aliphatic carbocycles. The Morgan fingerprint density at radius 2 is 1.73 bits per heavy atom. The second-order valence-electron chi connectivity index (χ2n) is 8.34. The van der Waals surface area contributed by atoms with E-state index >= 15 is 0 Å². The molecule has 1 amide bonds. The van der Waals surface area contributed by atoms with E-state index < -0.39 is 6.10 Å². The van der Waals surface area contributed by atoms with Gasteiger partial charge in [0.2, 0.25) is 0 Å². The molecular formula is C26H32N2O2. The van der Waals surface area contributed by atoms with Crippen molar-refractivity contribution in [2.24, 2.45) is 0 Å². The zero-order chi connectivity index (χ0) is 20.8. The Morgan fingerprint density at radius 1 is 1.00 bits per heavy atom. The minimum atomic E-state index is -0.448. The Balaban J connectivity index is 1.24. The Hall–Kier alpha value is -2.59. The normalized spacial score (nSPS) is 18.2. The Labute approximate surface area is 180 Å². The smallest absolute Gasteiger partial charge is 0.263 e. The van der Waals surface area contributed by atoms with Gasteiger partial charge in [-0.2, -0.15) is 0 Å². The lowest BCUT2D eigenvalue weighted by atomic mass is 9.92. The van der Waals surface area contributed by atoms with Crippen LogP contribution in [0.1, 0.15) is 36.5 Å². The van der Waals surface area contributed by atoms with E-state index in [-0.39, 0.29) is 5.91 Å². The van der Waals surface area contributed by atoms with Crippen molar-refractivity contribution in [3.63, 3.8) is 0 Å². The number of hydrogen-bond donors (Lipinski definition) is 0. The maximum atomic E-state index is 12.9. The van der Waals surface area contributed by atoms with Crippen LogP contribution in [0.25, 0.3) is 6.08 Å². The zero-order valence-corrected chi connectivity index (χ0v) is 17.9. The van der Waals surface area contributed by atoms with Gasteiger partial charge in [-0.15, -0.1) is 0 Å². The van der Waals surface area contributed by atoms with E-state index in [0.29, 0.717) is 0 Å². The second-order valence-corrected chi connectivity index (χ2v) is 8.34. The average molecular weight is 405 g/mol. The largest absolute Gasteiger partial charge is 0.481 e. The number of amides is 1. The summed E-state index contributed by atoms with van der Waals surface area (Å²) < 4.78 is 6.02. The van der Waals surface area contributed by atoms with E-state index in [2.05, 4.69) is 53.5 Å². The molecule has 0 radical (unpaired) electrons. The molecule has 2 aromatic carbocycles. The number of carbonyl (C=O) groups excluding carboxylic acids is 1. The lowest BCUT2D eigenvalue weighted by Gasteiger charge is -2.35. The van der Waals surface area contributed by atoms with Crippen molar-refractivity contribution in [2.75, 3.05) is 32.7 Å². The summed E-state index contributed by atoms with van der Waals surface area (Å²) >= 11 is 0. The number of hydrogen-bond acceptors (Lipinski definition) is 3. The first-order valence-electron chi connectivity index (χ1n) is 11.2. The summed E-state index contributed by atoms with van der Waals surface area (Å²) in [6, 6.07) is 16.7. The second kappa shape index (κ2) is 9.94. The molecule has 1 atom stereocenters. The van der Waals surface area contributed by atoms with Crippen LogP contribution in [0.2, 0.25) is 0 Å². The van der Waals surface area contributed by atoms with Crippen LogP contribution in [0.3, 0.4) is 0 Å². The van der Waals surface area contributed by atoms with E-state index in [1.54, 1.807) is 0 Å². The number of benzene rings is 2. The van der Waals surface area contributed by atoms with E-state index in [0.717, 1.165) is 51.3 Å². The fourth-order valence-corrected chi connectivity index (χ4v) is 4.35. The van der Waals surface area contributed by atoms with Crippen LogP contribution < -0.4 is 4.74 Å². The molecule has 0 N–H and O–H groups in total. The summed E-state index contributed by atoms with van der Waals surface area (Å²) in [7, 11) is 0. The van der Waals surface area contributed by atoms with E-state index in [1.165, 1.54) is 29.5 Å². The number of rotatable bonds is 6. The van der Waals surface area contributed by atoms with Crippen molar-refractivity contribution in [3.05, 3.63) is 71.3 Å². The standard InChI is InChI=1S/C26H32N2O2/c1-21(30-25-14-13-23-11-5-6-12-24(23)20-25)26(29)28-18-16-27(17-19-28)15-7-10-22-8-3-2-4-9-22/h2-4,7-10,13-14,20-21H,5-6,11-12,15-19H2,1H3/b10-7+/t21-/m1/s1. The monoisotopic (exact) mass is 404 g/mol. The highest BCUT2D eigenvalue weighted by molar-refractivity contribution is 5.81. The molecule has 0 saturated carbocycles. The molecule has 2 aliphatic rings. The Morgan fingerprint density at radius 3 is 2.50 bits per heavy atom. The molecule has 4 nitrogen and oxygen atoms in total. The van der Waals surface area contributed by atoms with Crippen LogP contribution in [0, 0.1) is 0 Å². The highest BCUT2D eigenvalue weighted by Crippen LogP contribution is 2.26. The highest BCUT2D eigenvalue weighted by Gasteiger charge is 2.26. The molecule has 30 heavy (non-hydrogen) atoms. The summed E-state index contributed by atoms with van der Waals surface area (Å²) in [5.74, 6) is 0.911. The molecule has 0 aromatic heterocycles. The molecule has 1 saturated heterocycles. The molecule has 4 rings (SSSR count). The first-order valence-corrected chi connectivity index (χ1v) is 11.2. The van der Waals surface area contributed by atoms with Crippen LogP contribution in [-0.2, 0) is 17.6 Å². The molecular weight excluding hydrogens is 372 g/mol. The maximum absolute atomic E-state index is 12.9. The summed E-state index contributed by atoms with van der Waals surface area (Å²) in [5.41, 5.74) is 4.04. The number of piperazine rings is 1. The summed E-state index contributed by atoms with van der Waals surface area (Å²) in [5, 5.41) is 0. The van der Waals surface area contributed by atoms with Gasteiger partial charge >= 0.3 is 0 Å². The molecule has 0 bridgehead atoms. The molecule has 0 spiro atoms. The third-order valence-electron chi connectivity index (χ3n) is 6.14. The van der Waals surface area contributed by atoms with E-state index in [4.69, 9.17) is 4.74 Å². The van der Waals surface area contributed by atoms with Gasteiger partial charge < -0.3 is 9.64 Å². The van der Waals surface area contributed by atoms with Crippen molar-refractivity contribution in [2.45, 2.75) is 38.7 Å². The number of carbonyl (C=O) groups is 1. The molecule has 4 heteroatoms. The number of aryl methyl sites for hydroxylation is 2. The molecule has 0 unspecified atom stereocenters. The fraction of sp³-hybridized carbons (Fsp3) is 0.423. The van der Waals surface area contributed by atoms with Crippen LogP contribution in [0.4, 0.5) is 0 Å². The number of ether oxygens (including phenoxy) is 1. The van der Waals surface area contributed by atoms with Crippen LogP contribution in [-0.4, -0.2) is 54.5 Å². The predicted octanol–water partition coefficient (Wildman–Crippen LogP) is 4.19. The van der Waals surface area contributed by atoms with Crippen molar-refractivity contribution < 1.29 is 9.53 Å². The fourth-order valence-electron chi connectivity index (χ4n) is 4.35. The quantitative estimate of drug-likeness (QED) is 0.724. The van der Waals surface area contributed by atoms with E-state index in [9.17, 15) is 4.79 Å². The van der Waals surface area contributed by atoms with Crippen LogP contribution >= 0.6 is 0 Å². The SMILES string of the molecule is C[C@@H](Oc1ccc2c(c1)CCCC2)C(=O)N1CCN(C/C=C/c2ccccc2)CC1. The molecule has 1 fully saturated rings. The lowest BCUT2D eigenvalue weighted by Crippen LogP contribution is -2.51. The number of nitrogens with zero attached hydrogens (tertiary/aromatic N) is 2. The molecule has 2 aromatic rings. The first-order chi connectivity index (χ1) is 14.7. The van der Waals surface area contributed by atoms with Crippen molar-refractivity contribution in [3.8, 4) is 5.75 Å². The van der Waals surface area contributed by atoms with Gasteiger partial charge in [-0.25, -0.2) is 0 Å². The third-order valence-corrected chi connectivity index (χ3v) is 6.14. The molecule has 1 heterocycles. The van der Waals surface area contributed by atoms with Crippen LogP contribution in [0.5, 0.6) is 5.75 Å². The average Bonchev–Trinajstić information content (AvgIpc) is 2.80. The van der Waals surface area contributed by atoms with Gasteiger partial charge in [-0.05, 0) is 61.4 Å². The first kappa shape index (κ1) is 20.7. The Kier molecular flexibility index (Phi) is 6.85. The topological polar surface area (TPSA) is 32.8 Å². The van der Waals surface area contributed by atoms with Gasteiger partial charge in [0.25, 0.3) is 5.91 Å². The highest BCUT2D eigenvalue weighted by atomic mass is 16.5. The van der Waals surface area contributed by atoms with Crippen molar-refractivity contribution in [1.29, 1.82) is 0 Å². The minimum absolute atomic E-state index is 0.0900. The predicted molar refractivity (Wildman–Crippen MR) is 122 cm³/mol. The summed E-state index contributed by atoms with van der Waals surface area (Å²) in [6.45, 7) is 6.10. The Bertz CT molecular complexity index is 870. The molecule has 1 aliphatic heterocycles. The summed E-state index contributed by atoms with van der Waals surface area (Å²) in [4.78, 5) is 17.2. The van der Waals surface area contributed by atoms with Gasteiger partial charge in [0.05, 0.1) is 0 Å². The van der Waals surface area contributed by atoms with Gasteiger partial charge in [-0.3, -0.25) is 9.69 Å². The van der Waals surface area contributed by atoms with E-state index in [1.807, 2.05) is 24.0 Å². The van der Waals surface area contributed by atoms with Gasteiger partial charge in [0, 0.05) is 32.7 Å². The third kappa shape index (κ3) is 5.31. The number of fused-ring (bicyclic) bond motifs is 1. The lowest BCUT2D eigenvalue weighted by molar-refractivity contribution is -0.139.